The van der Waals surface area contributed by atoms with Crippen LogP contribution in [0.1, 0.15) is 108 Å². The minimum absolute atomic E-state index is 0.00299. The Labute approximate surface area is 326 Å². The molecule has 1 aliphatic heterocycles. The second-order valence-electron chi connectivity index (χ2n) is 16.1. The van der Waals surface area contributed by atoms with Crippen molar-refractivity contribution in [3.8, 4) is 11.5 Å². The van der Waals surface area contributed by atoms with Gasteiger partial charge < -0.3 is 40.7 Å². The van der Waals surface area contributed by atoms with Gasteiger partial charge in [-0.2, -0.15) is 0 Å². The number of hydrogen-bond donors (Lipinski definition) is 5. The first-order chi connectivity index (χ1) is 26.6. The van der Waals surface area contributed by atoms with Crippen LogP contribution >= 0.6 is 0 Å². The summed E-state index contributed by atoms with van der Waals surface area (Å²) in [5.74, 6) is 1.60. The monoisotopic (exact) mass is 787 g/mol. The van der Waals surface area contributed by atoms with Crippen LogP contribution in [-0.2, 0) is 4.79 Å². The number of alkyl halides is 3. The Morgan fingerprint density at radius 1 is 0.821 bits per heavy atom. The van der Waals surface area contributed by atoms with Crippen LogP contribution in [0.15, 0.2) is 48.5 Å². The van der Waals surface area contributed by atoms with Crippen LogP contribution in [0.2, 0.25) is 0 Å². The quantitative estimate of drug-likeness (QED) is 0.172. The summed E-state index contributed by atoms with van der Waals surface area (Å²) in [4.78, 5) is 48.8. The molecule has 0 aromatic heterocycles. The number of likely N-dealkylation sites (tertiary alicyclic amines) is 1. The fourth-order valence-corrected chi connectivity index (χ4v) is 9.04. The van der Waals surface area contributed by atoms with E-state index >= 15 is 0 Å². The molecule has 56 heavy (non-hydrogen) atoms. The molecule has 4 fully saturated rings. The van der Waals surface area contributed by atoms with Gasteiger partial charge in [-0.1, -0.05) is 20.3 Å². The molecule has 3 saturated carbocycles. The molecule has 2 aromatic rings. The Hall–Kier alpha value is -4.69. The van der Waals surface area contributed by atoms with Gasteiger partial charge in [0.2, 0.25) is 5.91 Å². The second kappa shape index (κ2) is 19.0. The Kier molecular flexibility index (Phi) is 14.4. The SMILES string of the molecule is CC(=O)N1CCC(NC(=O)Nc2ccc(OC(F)(F)F)cc2)CC1.CCC1CC2CC(C)CC(NC(=O)NC3CCC(Oc4ccc(C(=O)O)cc4)CC3)(C1)C2. The highest BCUT2D eigenvalue weighted by Crippen LogP contribution is 2.48. The Balaban J connectivity index is 0.000000224. The second-order valence-corrected chi connectivity index (χ2v) is 16.1. The zero-order valence-electron chi connectivity index (χ0n) is 32.5. The number of anilines is 1. The van der Waals surface area contributed by atoms with Crippen molar-refractivity contribution in [2.24, 2.45) is 17.8 Å². The van der Waals surface area contributed by atoms with Crippen molar-refractivity contribution in [3.63, 3.8) is 0 Å². The maximum atomic E-state index is 12.9. The van der Waals surface area contributed by atoms with Gasteiger partial charge in [0.15, 0.2) is 0 Å². The summed E-state index contributed by atoms with van der Waals surface area (Å²) in [7, 11) is 0. The maximum Gasteiger partial charge on any atom is 0.573 e. The molecule has 3 aliphatic carbocycles. The van der Waals surface area contributed by atoms with Crippen molar-refractivity contribution < 1.29 is 46.9 Å². The topological polar surface area (TPSA) is 158 Å². The van der Waals surface area contributed by atoms with Gasteiger partial charge in [-0.15, -0.1) is 13.2 Å². The summed E-state index contributed by atoms with van der Waals surface area (Å²) in [5, 5.41) is 21.0. The average Bonchev–Trinajstić information content (AvgIpc) is 3.12. The molecule has 4 unspecified atom stereocenters. The zero-order valence-corrected chi connectivity index (χ0v) is 32.5. The molecule has 5 N–H and O–H groups in total. The number of piperidine rings is 1. The van der Waals surface area contributed by atoms with Crippen molar-refractivity contribution in [2.45, 2.75) is 128 Å². The van der Waals surface area contributed by atoms with E-state index in [0.29, 0.717) is 43.3 Å². The van der Waals surface area contributed by atoms with Crippen LogP contribution in [-0.4, -0.2) is 77.1 Å². The van der Waals surface area contributed by atoms with Crippen LogP contribution in [0.25, 0.3) is 0 Å². The lowest BCUT2D eigenvalue weighted by Gasteiger charge is -2.51. The summed E-state index contributed by atoms with van der Waals surface area (Å²) < 4.78 is 46.0. The van der Waals surface area contributed by atoms with Crippen molar-refractivity contribution in [3.05, 3.63) is 54.1 Å². The van der Waals surface area contributed by atoms with Crippen LogP contribution in [0, 0.1) is 17.8 Å². The maximum absolute atomic E-state index is 12.9. The molecular formula is C41H56F3N5O7. The lowest BCUT2D eigenvalue weighted by molar-refractivity contribution is -0.274. The summed E-state index contributed by atoms with van der Waals surface area (Å²) in [6, 6.07) is 11.1. The number of amides is 5. The predicted octanol–water partition coefficient (Wildman–Crippen LogP) is 8.09. The molecule has 0 spiro atoms. The van der Waals surface area contributed by atoms with Gasteiger partial charge in [-0.05, 0) is 137 Å². The first-order valence-corrected chi connectivity index (χ1v) is 19.8. The molecule has 4 atom stereocenters. The molecular weight excluding hydrogens is 731 g/mol. The highest BCUT2D eigenvalue weighted by molar-refractivity contribution is 5.89. The van der Waals surface area contributed by atoms with E-state index in [1.54, 1.807) is 29.2 Å². The van der Waals surface area contributed by atoms with Gasteiger partial charge in [0.1, 0.15) is 11.5 Å². The number of carboxylic acids is 1. The van der Waals surface area contributed by atoms with Gasteiger partial charge in [-0.3, -0.25) is 4.79 Å². The molecule has 1 heterocycles. The van der Waals surface area contributed by atoms with E-state index in [1.807, 2.05) is 0 Å². The third-order valence-electron chi connectivity index (χ3n) is 11.5. The van der Waals surface area contributed by atoms with E-state index in [9.17, 15) is 32.3 Å². The minimum atomic E-state index is -4.75. The van der Waals surface area contributed by atoms with E-state index in [4.69, 9.17) is 9.84 Å². The number of nitrogens with one attached hydrogen (secondary N) is 4. The van der Waals surface area contributed by atoms with Crippen molar-refractivity contribution in [1.82, 2.24) is 20.9 Å². The van der Waals surface area contributed by atoms with Crippen molar-refractivity contribution in [1.29, 1.82) is 0 Å². The molecule has 6 rings (SSSR count). The van der Waals surface area contributed by atoms with Crippen LogP contribution in [0.3, 0.4) is 0 Å². The number of benzene rings is 2. The number of carbonyl (C=O) groups excluding carboxylic acids is 3. The number of nitrogens with zero attached hydrogens (tertiary/aromatic N) is 1. The number of fused-ring (bicyclic) bond motifs is 2. The van der Waals surface area contributed by atoms with E-state index in [0.717, 1.165) is 68.9 Å². The molecule has 2 bridgehead atoms. The number of carboxylic acid groups (broad SMARTS) is 1. The normalized spacial score (nSPS) is 26.4. The predicted molar refractivity (Wildman–Crippen MR) is 205 cm³/mol. The molecule has 5 amide bonds. The van der Waals surface area contributed by atoms with Gasteiger partial charge in [0.05, 0.1) is 11.7 Å². The Bertz CT molecular complexity index is 1620. The summed E-state index contributed by atoms with van der Waals surface area (Å²) in [5.41, 5.74) is 0.592. The molecule has 0 radical (unpaired) electrons. The molecule has 4 aliphatic rings. The van der Waals surface area contributed by atoms with Gasteiger partial charge >= 0.3 is 24.4 Å². The number of hydrogen-bond acceptors (Lipinski definition) is 6. The van der Waals surface area contributed by atoms with Crippen LogP contribution in [0.4, 0.5) is 28.4 Å². The Morgan fingerprint density at radius 2 is 1.43 bits per heavy atom. The first-order valence-electron chi connectivity index (χ1n) is 19.8. The lowest BCUT2D eigenvalue weighted by atomic mass is 9.60. The van der Waals surface area contributed by atoms with Crippen molar-refractivity contribution in [2.75, 3.05) is 18.4 Å². The van der Waals surface area contributed by atoms with E-state index < -0.39 is 18.4 Å². The number of rotatable bonds is 9. The number of urea groups is 2. The van der Waals surface area contributed by atoms with E-state index in [-0.39, 0.29) is 47.0 Å². The minimum Gasteiger partial charge on any atom is -0.490 e. The van der Waals surface area contributed by atoms with E-state index in [1.165, 1.54) is 38.3 Å². The summed E-state index contributed by atoms with van der Waals surface area (Å²) in [6.07, 6.45) is 7.45. The molecule has 15 heteroatoms. The molecule has 12 nitrogen and oxygen atoms in total. The highest BCUT2D eigenvalue weighted by Gasteiger charge is 2.46. The molecule has 2 aromatic carbocycles. The Morgan fingerprint density at radius 3 is 2.02 bits per heavy atom. The van der Waals surface area contributed by atoms with Gasteiger partial charge in [0, 0.05) is 43.3 Å². The summed E-state index contributed by atoms with van der Waals surface area (Å²) in [6.45, 7) is 7.30. The fraction of sp³-hybridized carbons (Fsp3) is 0.610. The standard InChI is InChI=1S/C26H38N2O4.C15H18F3N3O3/c1-3-18-13-19-12-17(2)14-26(15-18,16-19)28-25(31)27-21-6-10-23(11-7-21)32-22-8-4-20(5-9-22)24(29)30;1-10(22)21-8-6-12(7-9-21)20-14(23)19-11-2-4-13(5-3-11)24-15(16,17)18/h4-5,8-9,17-19,21,23H,3,6-7,10-16H2,1-2H3,(H,29,30)(H2,27,28,31);2-5,12H,6-9H2,1H3,(H2,19,20,23). The van der Waals surface area contributed by atoms with Crippen molar-refractivity contribution >= 4 is 29.6 Å². The lowest BCUT2D eigenvalue weighted by Crippen LogP contribution is -2.59. The third kappa shape index (κ3) is 12.9. The molecule has 1 saturated heterocycles. The summed E-state index contributed by atoms with van der Waals surface area (Å²) >= 11 is 0. The number of carbonyl (C=O) groups is 4. The largest absolute Gasteiger partial charge is 0.573 e. The first kappa shape index (κ1) is 42.5. The van der Waals surface area contributed by atoms with Crippen LogP contribution < -0.4 is 30.7 Å². The number of ether oxygens (including phenoxy) is 2. The van der Waals surface area contributed by atoms with Crippen LogP contribution in [0.5, 0.6) is 11.5 Å². The highest BCUT2D eigenvalue weighted by atomic mass is 19.4. The van der Waals surface area contributed by atoms with E-state index in [2.05, 4.69) is 39.9 Å². The average molecular weight is 788 g/mol. The zero-order chi connectivity index (χ0) is 40.5. The van der Waals surface area contributed by atoms with Gasteiger partial charge in [0.25, 0.3) is 0 Å². The smallest absolute Gasteiger partial charge is 0.490 e. The number of aromatic carboxylic acids is 1. The molecule has 308 valence electrons. The third-order valence-corrected chi connectivity index (χ3v) is 11.5. The number of halogens is 3. The van der Waals surface area contributed by atoms with Gasteiger partial charge in [-0.25, -0.2) is 14.4 Å². The fourth-order valence-electron chi connectivity index (χ4n) is 9.04.